The summed E-state index contributed by atoms with van der Waals surface area (Å²) in [6.45, 7) is 10.4. The van der Waals surface area contributed by atoms with Gasteiger partial charge < -0.3 is 0 Å². The lowest BCUT2D eigenvalue weighted by atomic mass is 9.72. The van der Waals surface area contributed by atoms with E-state index in [9.17, 15) is 0 Å². The van der Waals surface area contributed by atoms with Gasteiger partial charge in [0.2, 0.25) is 0 Å². The van der Waals surface area contributed by atoms with Crippen LogP contribution >= 0.6 is 34.8 Å². The van der Waals surface area contributed by atoms with Gasteiger partial charge in [-0.25, -0.2) is 0 Å². The zero-order chi connectivity index (χ0) is 11.6. The second-order valence-corrected chi connectivity index (χ2v) is 6.32. The summed E-state index contributed by atoms with van der Waals surface area (Å²) in [5.74, 6) is 0.873. The van der Waals surface area contributed by atoms with E-state index in [0.717, 1.165) is 6.42 Å². The van der Waals surface area contributed by atoms with Gasteiger partial charge in [0, 0.05) is 21.5 Å². The number of hydrogen-bond donors (Lipinski definition) is 0. The lowest BCUT2D eigenvalue weighted by Gasteiger charge is -2.45. The number of alkyl halides is 3. The maximum absolute atomic E-state index is 6.50. The highest BCUT2D eigenvalue weighted by atomic mass is 35.5. The summed E-state index contributed by atoms with van der Waals surface area (Å²) in [5, 5.41) is 0.00227. The second-order valence-electron chi connectivity index (χ2n) is 4.75. The topological polar surface area (TPSA) is 0 Å². The Labute approximate surface area is 103 Å². The molecule has 14 heavy (non-hydrogen) atoms. The molecule has 0 saturated carbocycles. The molecule has 0 bridgehead atoms. The monoisotopic (exact) mass is 258 g/mol. The first-order chi connectivity index (χ1) is 6.23. The molecule has 0 heterocycles. The zero-order valence-electron chi connectivity index (χ0n) is 9.70. The minimum absolute atomic E-state index is 0.00227. The molecule has 0 aromatic carbocycles. The molecule has 0 aromatic rings. The molecule has 0 radical (unpaired) electrons. The van der Waals surface area contributed by atoms with Crippen LogP contribution in [-0.2, 0) is 0 Å². The Morgan fingerprint density at radius 3 is 1.86 bits per heavy atom. The Kier molecular flexibility index (Phi) is 5.60. The van der Waals surface area contributed by atoms with Crippen molar-refractivity contribution >= 4 is 34.8 Å². The van der Waals surface area contributed by atoms with Crippen molar-refractivity contribution in [2.24, 2.45) is 11.3 Å². The molecule has 0 aromatic heterocycles. The van der Waals surface area contributed by atoms with Crippen LogP contribution in [-0.4, -0.2) is 16.1 Å². The van der Waals surface area contributed by atoms with Crippen molar-refractivity contribution in [3.8, 4) is 0 Å². The van der Waals surface area contributed by atoms with Crippen LogP contribution in [0.2, 0.25) is 0 Å². The minimum atomic E-state index is -0.342. The minimum Gasteiger partial charge on any atom is -0.126 e. The molecule has 0 aliphatic carbocycles. The normalized spacial score (nSPS) is 22.9. The van der Waals surface area contributed by atoms with Crippen molar-refractivity contribution in [1.29, 1.82) is 0 Å². The van der Waals surface area contributed by atoms with E-state index in [2.05, 4.69) is 27.7 Å². The third-order valence-electron chi connectivity index (χ3n) is 3.33. The fraction of sp³-hybridized carbons (Fsp3) is 1.00. The summed E-state index contributed by atoms with van der Waals surface area (Å²) in [4.78, 5) is -0.342. The van der Waals surface area contributed by atoms with Crippen LogP contribution in [0.4, 0.5) is 0 Å². The van der Waals surface area contributed by atoms with Gasteiger partial charge in [-0.15, -0.1) is 34.8 Å². The van der Waals surface area contributed by atoms with Gasteiger partial charge >= 0.3 is 0 Å². The highest BCUT2D eigenvalue weighted by Gasteiger charge is 2.47. The largest absolute Gasteiger partial charge is 0.126 e. The van der Waals surface area contributed by atoms with Crippen LogP contribution < -0.4 is 0 Å². The average Bonchev–Trinajstić information content (AvgIpc) is 2.14. The van der Waals surface area contributed by atoms with Gasteiger partial charge in [-0.1, -0.05) is 27.7 Å². The summed E-state index contributed by atoms with van der Waals surface area (Å²) < 4.78 is 0. The fourth-order valence-corrected chi connectivity index (χ4v) is 2.81. The lowest BCUT2D eigenvalue weighted by molar-refractivity contribution is 0.215. The average molecular weight is 260 g/mol. The smallest absolute Gasteiger partial charge is 0.0495 e. The van der Waals surface area contributed by atoms with Crippen molar-refractivity contribution < 1.29 is 0 Å². The molecule has 0 saturated heterocycles. The van der Waals surface area contributed by atoms with Gasteiger partial charge in [0.15, 0.2) is 0 Å². The first kappa shape index (κ1) is 14.9. The fourth-order valence-electron chi connectivity index (χ4n) is 1.64. The summed E-state index contributed by atoms with van der Waals surface area (Å²) in [6, 6.07) is 0. The van der Waals surface area contributed by atoms with E-state index >= 15 is 0 Å². The van der Waals surface area contributed by atoms with Crippen LogP contribution in [0, 0.1) is 11.3 Å². The van der Waals surface area contributed by atoms with Crippen LogP contribution in [0.1, 0.15) is 41.0 Å². The molecule has 0 fully saturated rings. The van der Waals surface area contributed by atoms with E-state index in [0.29, 0.717) is 11.8 Å². The van der Waals surface area contributed by atoms with E-state index in [-0.39, 0.29) is 15.7 Å². The molecule has 3 atom stereocenters. The van der Waals surface area contributed by atoms with Crippen molar-refractivity contribution in [3.63, 3.8) is 0 Å². The Balaban J connectivity index is 4.97. The first-order valence-electron chi connectivity index (χ1n) is 5.12. The van der Waals surface area contributed by atoms with Gasteiger partial charge in [0.05, 0.1) is 0 Å². The summed E-state index contributed by atoms with van der Waals surface area (Å²) in [5.41, 5.74) is -0.236. The third-order valence-corrected chi connectivity index (χ3v) is 5.57. The maximum atomic E-state index is 6.50. The molecule has 0 spiro atoms. The Morgan fingerprint density at radius 2 is 1.64 bits per heavy atom. The third kappa shape index (κ3) is 2.71. The quantitative estimate of drug-likeness (QED) is 0.616. The molecule has 3 heteroatoms. The van der Waals surface area contributed by atoms with Gasteiger partial charge in [0.25, 0.3) is 0 Å². The molecule has 0 aliphatic heterocycles. The zero-order valence-corrected chi connectivity index (χ0v) is 12.0. The molecular weight excluding hydrogens is 238 g/mol. The summed E-state index contributed by atoms with van der Waals surface area (Å²) in [6.07, 6.45) is 0.869. The van der Waals surface area contributed by atoms with Crippen molar-refractivity contribution in [3.05, 3.63) is 0 Å². The second kappa shape index (κ2) is 5.27. The predicted octanol–water partition coefficient (Wildman–Crippen LogP) is 4.90. The van der Waals surface area contributed by atoms with Crippen LogP contribution in [0.15, 0.2) is 0 Å². The van der Waals surface area contributed by atoms with E-state index in [4.69, 9.17) is 34.8 Å². The van der Waals surface area contributed by atoms with Crippen LogP contribution in [0.3, 0.4) is 0 Å². The molecule has 0 aliphatic rings. The molecule has 86 valence electrons. The van der Waals surface area contributed by atoms with Gasteiger partial charge in [-0.3, -0.25) is 0 Å². The summed E-state index contributed by atoms with van der Waals surface area (Å²) >= 11 is 19.0. The molecule has 0 nitrogen and oxygen atoms in total. The Morgan fingerprint density at radius 1 is 1.21 bits per heavy atom. The molecule has 0 N–H and O–H groups in total. The molecule has 0 rings (SSSR count). The van der Waals surface area contributed by atoms with Gasteiger partial charge in [-0.2, -0.15) is 0 Å². The first-order valence-corrected chi connectivity index (χ1v) is 6.46. The van der Waals surface area contributed by atoms with Gasteiger partial charge in [0.1, 0.15) is 0 Å². The standard InChI is InChI=1S/C11H21Cl3/c1-6-11(5,14)10(4,7-12)9(13)8(2)3/h8-9H,6-7H2,1-5H3. The molecular formula is C11H21Cl3. The lowest BCUT2D eigenvalue weighted by Crippen LogP contribution is -2.48. The van der Waals surface area contributed by atoms with Crippen molar-refractivity contribution in [2.75, 3.05) is 5.88 Å². The van der Waals surface area contributed by atoms with E-state index < -0.39 is 0 Å². The van der Waals surface area contributed by atoms with Crippen LogP contribution in [0.5, 0.6) is 0 Å². The maximum Gasteiger partial charge on any atom is 0.0495 e. The molecule has 3 unspecified atom stereocenters. The molecule has 0 amide bonds. The van der Waals surface area contributed by atoms with E-state index in [1.165, 1.54) is 0 Å². The Bertz CT molecular complexity index is 177. The summed E-state index contributed by atoms with van der Waals surface area (Å²) in [7, 11) is 0. The predicted molar refractivity (Wildman–Crippen MR) is 67.9 cm³/mol. The van der Waals surface area contributed by atoms with Crippen molar-refractivity contribution in [2.45, 2.75) is 51.3 Å². The SMILES string of the molecule is CCC(C)(Cl)C(C)(CCl)C(Cl)C(C)C. The highest BCUT2D eigenvalue weighted by molar-refractivity contribution is 6.28. The van der Waals surface area contributed by atoms with Gasteiger partial charge in [-0.05, 0) is 19.3 Å². The highest BCUT2D eigenvalue weighted by Crippen LogP contribution is 2.47. The van der Waals surface area contributed by atoms with E-state index in [1.54, 1.807) is 0 Å². The van der Waals surface area contributed by atoms with E-state index in [1.807, 2.05) is 6.92 Å². The number of hydrogen-bond acceptors (Lipinski definition) is 0. The Hall–Kier alpha value is 0.870. The van der Waals surface area contributed by atoms with Crippen LogP contribution in [0.25, 0.3) is 0 Å². The van der Waals surface area contributed by atoms with Crippen molar-refractivity contribution in [1.82, 2.24) is 0 Å². The number of rotatable bonds is 5. The number of halogens is 3.